The fraction of sp³-hybridized carbons (Fsp3) is 0.625. The van der Waals surface area contributed by atoms with Crippen molar-refractivity contribution in [3.05, 3.63) is 18.2 Å². The van der Waals surface area contributed by atoms with Crippen LogP contribution in [0.25, 0.3) is 0 Å². The number of aromatic nitrogens is 2. The van der Waals surface area contributed by atoms with E-state index in [9.17, 15) is 5.11 Å². The standard InChI is InChI=1S/C8H14N2O2/c1-3-12-5-8(11)7-4-9-6-10(7)2/h4,6,8,11H,3,5H2,1-2H3. The minimum atomic E-state index is -0.572. The number of imidazole rings is 1. The highest BCUT2D eigenvalue weighted by atomic mass is 16.5. The molecule has 4 nitrogen and oxygen atoms in total. The van der Waals surface area contributed by atoms with Gasteiger partial charge in [0, 0.05) is 13.7 Å². The number of aliphatic hydroxyl groups is 1. The summed E-state index contributed by atoms with van der Waals surface area (Å²) in [5, 5.41) is 9.54. The smallest absolute Gasteiger partial charge is 0.119 e. The Bertz CT molecular complexity index is 235. The molecule has 0 saturated carbocycles. The van der Waals surface area contributed by atoms with Crippen LogP contribution in [-0.4, -0.2) is 27.9 Å². The van der Waals surface area contributed by atoms with E-state index in [2.05, 4.69) is 4.98 Å². The first-order valence-corrected chi connectivity index (χ1v) is 3.97. The first-order chi connectivity index (χ1) is 5.75. The van der Waals surface area contributed by atoms with E-state index < -0.39 is 6.10 Å². The van der Waals surface area contributed by atoms with Crippen molar-refractivity contribution in [2.75, 3.05) is 13.2 Å². The second-order valence-electron chi connectivity index (χ2n) is 2.60. The molecule has 0 radical (unpaired) electrons. The predicted molar refractivity (Wildman–Crippen MR) is 44.7 cm³/mol. The Kier molecular flexibility index (Phi) is 3.25. The monoisotopic (exact) mass is 170 g/mol. The third-order valence-corrected chi connectivity index (χ3v) is 1.68. The van der Waals surface area contributed by atoms with E-state index in [1.807, 2.05) is 14.0 Å². The summed E-state index contributed by atoms with van der Waals surface area (Å²) in [6.45, 7) is 2.85. The second-order valence-corrected chi connectivity index (χ2v) is 2.60. The fourth-order valence-electron chi connectivity index (χ4n) is 1.00. The van der Waals surface area contributed by atoms with Crippen LogP contribution >= 0.6 is 0 Å². The number of nitrogens with zero attached hydrogens (tertiary/aromatic N) is 2. The molecule has 0 aliphatic rings. The minimum absolute atomic E-state index is 0.329. The molecule has 0 spiro atoms. The molecule has 1 atom stereocenters. The van der Waals surface area contributed by atoms with Gasteiger partial charge in [0.15, 0.2) is 0 Å². The van der Waals surface area contributed by atoms with Crippen LogP contribution in [0.2, 0.25) is 0 Å². The molecule has 12 heavy (non-hydrogen) atoms. The van der Waals surface area contributed by atoms with Gasteiger partial charge in [-0.05, 0) is 6.92 Å². The quantitative estimate of drug-likeness (QED) is 0.715. The summed E-state index contributed by atoms with van der Waals surface area (Å²) in [6.07, 6.45) is 2.73. The van der Waals surface area contributed by atoms with E-state index in [0.717, 1.165) is 5.69 Å². The van der Waals surface area contributed by atoms with Gasteiger partial charge in [-0.15, -0.1) is 0 Å². The van der Waals surface area contributed by atoms with Crippen molar-refractivity contribution in [1.82, 2.24) is 9.55 Å². The first-order valence-electron chi connectivity index (χ1n) is 3.97. The molecule has 1 aromatic heterocycles. The van der Waals surface area contributed by atoms with Crippen LogP contribution in [0.3, 0.4) is 0 Å². The molecule has 0 aromatic carbocycles. The van der Waals surface area contributed by atoms with E-state index in [0.29, 0.717) is 13.2 Å². The average molecular weight is 170 g/mol. The van der Waals surface area contributed by atoms with Crippen LogP contribution in [-0.2, 0) is 11.8 Å². The van der Waals surface area contributed by atoms with E-state index in [1.54, 1.807) is 17.1 Å². The van der Waals surface area contributed by atoms with Gasteiger partial charge in [-0.2, -0.15) is 0 Å². The molecular formula is C8H14N2O2. The van der Waals surface area contributed by atoms with E-state index >= 15 is 0 Å². The largest absolute Gasteiger partial charge is 0.384 e. The van der Waals surface area contributed by atoms with Gasteiger partial charge in [-0.3, -0.25) is 0 Å². The molecule has 0 fully saturated rings. The molecular weight excluding hydrogens is 156 g/mol. The lowest BCUT2D eigenvalue weighted by Crippen LogP contribution is -2.10. The predicted octanol–water partition coefficient (Wildman–Crippen LogP) is 0.490. The molecule has 1 aromatic rings. The van der Waals surface area contributed by atoms with E-state index in [-0.39, 0.29) is 0 Å². The number of ether oxygens (including phenoxy) is 1. The van der Waals surface area contributed by atoms with E-state index in [4.69, 9.17) is 4.74 Å². The summed E-state index contributed by atoms with van der Waals surface area (Å²) in [4.78, 5) is 3.90. The van der Waals surface area contributed by atoms with Crippen molar-refractivity contribution in [3.8, 4) is 0 Å². The van der Waals surface area contributed by atoms with Crippen LogP contribution in [0, 0.1) is 0 Å². The molecule has 68 valence electrons. The molecule has 0 amide bonds. The van der Waals surface area contributed by atoms with E-state index in [1.165, 1.54) is 0 Å². The molecule has 1 N–H and O–H groups in total. The zero-order valence-electron chi connectivity index (χ0n) is 7.40. The number of aryl methyl sites for hydroxylation is 1. The Hall–Kier alpha value is -0.870. The second kappa shape index (κ2) is 4.23. The molecule has 1 unspecified atom stereocenters. The van der Waals surface area contributed by atoms with Crippen molar-refractivity contribution in [1.29, 1.82) is 0 Å². The fourth-order valence-corrected chi connectivity index (χ4v) is 1.00. The van der Waals surface area contributed by atoms with Gasteiger partial charge in [0.05, 0.1) is 24.8 Å². The maximum absolute atomic E-state index is 9.54. The van der Waals surface area contributed by atoms with Gasteiger partial charge < -0.3 is 14.4 Å². The first kappa shape index (κ1) is 9.22. The number of aliphatic hydroxyl groups excluding tert-OH is 1. The van der Waals surface area contributed by atoms with Gasteiger partial charge in [-0.25, -0.2) is 4.98 Å². The van der Waals surface area contributed by atoms with Gasteiger partial charge in [0.1, 0.15) is 6.10 Å². The Morgan fingerprint density at radius 2 is 2.50 bits per heavy atom. The molecule has 0 aliphatic heterocycles. The third kappa shape index (κ3) is 2.06. The van der Waals surface area contributed by atoms with Crippen molar-refractivity contribution in [2.45, 2.75) is 13.0 Å². The summed E-state index contributed by atoms with van der Waals surface area (Å²) < 4.78 is 6.86. The molecule has 4 heteroatoms. The lowest BCUT2D eigenvalue weighted by Gasteiger charge is -2.10. The normalized spacial score (nSPS) is 13.2. The molecule has 1 heterocycles. The van der Waals surface area contributed by atoms with Gasteiger partial charge in [0.25, 0.3) is 0 Å². The Labute approximate surface area is 71.8 Å². The van der Waals surface area contributed by atoms with Crippen LogP contribution in [0.1, 0.15) is 18.7 Å². The number of hydrogen-bond donors (Lipinski definition) is 1. The molecule has 1 rings (SSSR count). The zero-order chi connectivity index (χ0) is 8.97. The maximum Gasteiger partial charge on any atom is 0.119 e. The molecule has 0 bridgehead atoms. The highest BCUT2D eigenvalue weighted by Crippen LogP contribution is 2.10. The third-order valence-electron chi connectivity index (χ3n) is 1.68. The summed E-state index contributed by atoms with van der Waals surface area (Å²) in [6, 6.07) is 0. The summed E-state index contributed by atoms with van der Waals surface area (Å²) in [7, 11) is 1.84. The molecule has 0 saturated heterocycles. The SMILES string of the molecule is CCOCC(O)c1cncn1C. The lowest BCUT2D eigenvalue weighted by molar-refractivity contribution is 0.0383. The van der Waals surface area contributed by atoms with Crippen molar-refractivity contribution >= 4 is 0 Å². The van der Waals surface area contributed by atoms with Crippen LogP contribution in [0.5, 0.6) is 0 Å². The average Bonchev–Trinajstić information content (AvgIpc) is 2.47. The van der Waals surface area contributed by atoms with Crippen molar-refractivity contribution in [2.24, 2.45) is 7.05 Å². The zero-order valence-corrected chi connectivity index (χ0v) is 7.40. The maximum atomic E-state index is 9.54. The molecule has 0 aliphatic carbocycles. The van der Waals surface area contributed by atoms with Gasteiger partial charge in [0.2, 0.25) is 0 Å². The topological polar surface area (TPSA) is 47.3 Å². The Morgan fingerprint density at radius 3 is 3.00 bits per heavy atom. The lowest BCUT2D eigenvalue weighted by atomic mass is 10.3. The minimum Gasteiger partial charge on any atom is -0.384 e. The highest BCUT2D eigenvalue weighted by Gasteiger charge is 2.10. The van der Waals surface area contributed by atoms with Crippen molar-refractivity contribution < 1.29 is 9.84 Å². The van der Waals surface area contributed by atoms with Gasteiger partial charge in [-0.1, -0.05) is 0 Å². The Morgan fingerprint density at radius 1 is 1.75 bits per heavy atom. The highest BCUT2D eigenvalue weighted by molar-refractivity contribution is 5.01. The number of hydrogen-bond acceptors (Lipinski definition) is 3. The Balaban J connectivity index is 2.52. The van der Waals surface area contributed by atoms with Crippen LogP contribution < -0.4 is 0 Å². The number of rotatable bonds is 4. The summed E-state index contributed by atoms with van der Waals surface area (Å²) in [5.41, 5.74) is 0.781. The van der Waals surface area contributed by atoms with Crippen LogP contribution in [0.15, 0.2) is 12.5 Å². The summed E-state index contributed by atoms with van der Waals surface area (Å²) in [5.74, 6) is 0. The van der Waals surface area contributed by atoms with Gasteiger partial charge >= 0.3 is 0 Å². The van der Waals surface area contributed by atoms with Crippen molar-refractivity contribution in [3.63, 3.8) is 0 Å². The summed E-state index contributed by atoms with van der Waals surface area (Å²) >= 11 is 0. The van der Waals surface area contributed by atoms with Crippen LogP contribution in [0.4, 0.5) is 0 Å².